The van der Waals surface area contributed by atoms with Gasteiger partial charge in [-0.2, -0.15) is 0 Å². The van der Waals surface area contributed by atoms with E-state index >= 15 is 0 Å². The van der Waals surface area contributed by atoms with Crippen LogP contribution in [0, 0.1) is 0 Å². The lowest BCUT2D eigenvalue weighted by Gasteiger charge is -2.00. The van der Waals surface area contributed by atoms with E-state index < -0.39 is 0 Å². The van der Waals surface area contributed by atoms with E-state index in [-0.39, 0.29) is 0 Å². The molecule has 3 nitrogen and oxygen atoms in total. The molecule has 3 heterocycles. The summed E-state index contributed by atoms with van der Waals surface area (Å²) >= 11 is 4.96. The molecule has 0 aromatic carbocycles. The van der Waals surface area contributed by atoms with Crippen LogP contribution in [0.2, 0.25) is 0 Å². The molecule has 0 aliphatic heterocycles. The smallest absolute Gasteiger partial charge is 0.160 e. The van der Waals surface area contributed by atoms with E-state index in [1.807, 2.05) is 24.4 Å². The Kier molecular flexibility index (Phi) is 2.57. The van der Waals surface area contributed by atoms with Gasteiger partial charge < -0.3 is 4.98 Å². The van der Waals surface area contributed by atoms with E-state index in [9.17, 15) is 4.79 Å². The molecule has 0 aliphatic carbocycles. The number of hydrogen-bond acceptors (Lipinski definition) is 3. The van der Waals surface area contributed by atoms with Crippen LogP contribution in [0.25, 0.3) is 21.5 Å². The molecule has 0 spiro atoms. The molecule has 3 aromatic rings. The van der Waals surface area contributed by atoms with Crippen LogP contribution in [0.15, 0.2) is 35.1 Å². The zero-order chi connectivity index (χ0) is 11.8. The standard InChI is InChI=1S/C12H7BrN2OS/c13-10-5-7(6-16)17-11(10)8-1-3-14-12-9(8)2-4-15-12/h1-6H,(H,14,15). The number of nitrogens with one attached hydrogen (secondary N) is 1. The summed E-state index contributed by atoms with van der Waals surface area (Å²) in [5, 5.41) is 1.06. The highest BCUT2D eigenvalue weighted by Crippen LogP contribution is 2.38. The highest BCUT2D eigenvalue weighted by atomic mass is 79.9. The van der Waals surface area contributed by atoms with Crippen LogP contribution in [-0.4, -0.2) is 16.3 Å². The van der Waals surface area contributed by atoms with Crippen molar-refractivity contribution in [3.63, 3.8) is 0 Å². The Balaban J connectivity index is 2.29. The summed E-state index contributed by atoms with van der Waals surface area (Å²) < 4.78 is 0.943. The van der Waals surface area contributed by atoms with E-state index in [0.29, 0.717) is 4.88 Å². The maximum absolute atomic E-state index is 10.8. The molecule has 0 radical (unpaired) electrons. The number of aromatic amines is 1. The third-order valence-electron chi connectivity index (χ3n) is 2.53. The number of fused-ring (bicyclic) bond motifs is 1. The fourth-order valence-electron chi connectivity index (χ4n) is 1.79. The Hall–Kier alpha value is -1.46. The van der Waals surface area contributed by atoms with Crippen LogP contribution >= 0.6 is 27.3 Å². The second-order valence-corrected chi connectivity index (χ2v) is 5.48. The van der Waals surface area contributed by atoms with Crippen molar-refractivity contribution in [3.8, 4) is 10.4 Å². The topological polar surface area (TPSA) is 45.8 Å². The Labute approximate surface area is 110 Å². The van der Waals surface area contributed by atoms with Gasteiger partial charge in [-0.1, -0.05) is 0 Å². The van der Waals surface area contributed by atoms with Gasteiger partial charge in [-0.25, -0.2) is 4.98 Å². The molecule has 3 aromatic heterocycles. The van der Waals surface area contributed by atoms with Crippen molar-refractivity contribution >= 4 is 44.6 Å². The molecule has 0 unspecified atom stereocenters. The van der Waals surface area contributed by atoms with E-state index in [1.165, 1.54) is 11.3 Å². The van der Waals surface area contributed by atoms with Crippen LogP contribution in [-0.2, 0) is 0 Å². The second-order valence-electron chi connectivity index (χ2n) is 3.54. The molecular formula is C12H7BrN2OS. The Morgan fingerprint density at radius 3 is 3.06 bits per heavy atom. The van der Waals surface area contributed by atoms with E-state index in [4.69, 9.17) is 0 Å². The van der Waals surface area contributed by atoms with Gasteiger partial charge in [0.25, 0.3) is 0 Å². The number of thiophene rings is 1. The second kappa shape index (κ2) is 4.09. The molecule has 3 rings (SSSR count). The average molecular weight is 307 g/mol. The average Bonchev–Trinajstić information content (AvgIpc) is 2.94. The number of halogens is 1. The summed E-state index contributed by atoms with van der Waals surface area (Å²) in [6, 6.07) is 5.79. The van der Waals surface area contributed by atoms with Crippen molar-refractivity contribution < 1.29 is 4.79 Å². The summed E-state index contributed by atoms with van der Waals surface area (Å²) in [7, 11) is 0. The number of hydrogen-bond donors (Lipinski definition) is 1. The number of aldehydes is 1. The number of nitrogens with zero attached hydrogens (tertiary/aromatic N) is 1. The lowest BCUT2D eigenvalue weighted by atomic mass is 10.1. The molecule has 0 fully saturated rings. The molecule has 17 heavy (non-hydrogen) atoms. The van der Waals surface area contributed by atoms with Crippen molar-refractivity contribution in [2.24, 2.45) is 0 Å². The molecule has 0 saturated heterocycles. The maximum Gasteiger partial charge on any atom is 0.160 e. The van der Waals surface area contributed by atoms with Gasteiger partial charge in [0.15, 0.2) is 6.29 Å². The SMILES string of the molecule is O=Cc1cc(Br)c(-c2ccnc3[nH]ccc23)s1. The highest BCUT2D eigenvalue weighted by molar-refractivity contribution is 9.10. The Bertz CT molecular complexity index is 701. The van der Waals surface area contributed by atoms with Crippen LogP contribution in [0.5, 0.6) is 0 Å². The largest absolute Gasteiger partial charge is 0.346 e. The predicted molar refractivity (Wildman–Crippen MR) is 72.5 cm³/mol. The number of carbonyl (C=O) groups is 1. The molecule has 1 N–H and O–H groups in total. The number of carbonyl (C=O) groups excluding carboxylic acids is 1. The lowest BCUT2D eigenvalue weighted by molar-refractivity contribution is 0.112. The quantitative estimate of drug-likeness (QED) is 0.731. The Morgan fingerprint density at radius 1 is 1.41 bits per heavy atom. The number of rotatable bonds is 2. The van der Waals surface area contributed by atoms with Gasteiger partial charge in [-0.15, -0.1) is 11.3 Å². The minimum atomic E-state index is 0.715. The van der Waals surface area contributed by atoms with Gasteiger partial charge in [0.1, 0.15) is 5.65 Å². The van der Waals surface area contributed by atoms with Crippen molar-refractivity contribution in [2.45, 2.75) is 0 Å². The fraction of sp³-hybridized carbons (Fsp3) is 0. The van der Waals surface area contributed by atoms with Crippen molar-refractivity contribution in [1.29, 1.82) is 0 Å². The van der Waals surface area contributed by atoms with Crippen molar-refractivity contribution in [2.75, 3.05) is 0 Å². The Morgan fingerprint density at radius 2 is 2.29 bits per heavy atom. The van der Waals surface area contributed by atoms with E-state index in [2.05, 4.69) is 25.9 Å². The van der Waals surface area contributed by atoms with Crippen molar-refractivity contribution in [1.82, 2.24) is 9.97 Å². The predicted octanol–water partition coefficient (Wildman–Crippen LogP) is 3.87. The van der Waals surface area contributed by atoms with Crippen LogP contribution in [0.3, 0.4) is 0 Å². The molecule has 0 atom stereocenters. The van der Waals surface area contributed by atoms with Gasteiger partial charge in [-0.3, -0.25) is 4.79 Å². The first kappa shape index (κ1) is 10.7. The highest BCUT2D eigenvalue weighted by Gasteiger charge is 2.12. The van der Waals surface area contributed by atoms with Gasteiger partial charge in [0.05, 0.1) is 4.88 Å². The normalized spacial score (nSPS) is 10.9. The van der Waals surface area contributed by atoms with Crippen LogP contribution in [0.1, 0.15) is 9.67 Å². The zero-order valence-electron chi connectivity index (χ0n) is 8.61. The molecule has 0 bridgehead atoms. The maximum atomic E-state index is 10.8. The molecule has 5 heteroatoms. The summed E-state index contributed by atoms with van der Waals surface area (Å²) in [5.74, 6) is 0. The number of aromatic nitrogens is 2. The van der Waals surface area contributed by atoms with Crippen molar-refractivity contribution in [3.05, 3.63) is 39.9 Å². The van der Waals surface area contributed by atoms with Crippen LogP contribution < -0.4 is 0 Å². The van der Waals surface area contributed by atoms with E-state index in [0.717, 1.165) is 32.2 Å². The third kappa shape index (κ3) is 1.71. The number of H-pyrrole nitrogens is 1. The molecule has 0 amide bonds. The summed E-state index contributed by atoms with van der Waals surface area (Å²) in [6.07, 6.45) is 4.50. The first-order valence-corrected chi connectivity index (χ1v) is 6.57. The monoisotopic (exact) mass is 306 g/mol. The molecular weight excluding hydrogens is 300 g/mol. The zero-order valence-corrected chi connectivity index (χ0v) is 11.0. The minimum Gasteiger partial charge on any atom is -0.346 e. The molecule has 84 valence electrons. The fourth-order valence-corrected chi connectivity index (χ4v) is 3.55. The first-order chi connectivity index (χ1) is 8.29. The van der Waals surface area contributed by atoms with Gasteiger partial charge in [-0.05, 0) is 34.1 Å². The third-order valence-corrected chi connectivity index (χ3v) is 4.51. The van der Waals surface area contributed by atoms with Gasteiger partial charge in [0, 0.05) is 32.7 Å². The van der Waals surface area contributed by atoms with Crippen LogP contribution in [0.4, 0.5) is 0 Å². The van der Waals surface area contributed by atoms with Gasteiger partial charge in [0.2, 0.25) is 0 Å². The molecule has 0 aliphatic rings. The first-order valence-electron chi connectivity index (χ1n) is 4.96. The van der Waals surface area contributed by atoms with Gasteiger partial charge >= 0.3 is 0 Å². The summed E-state index contributed by atoms with van der Waals surface area (Å²) in [5.41, 5.74) is 1.94. The van der Waals surface area contributed by atoms with E-state index in [1.54, 1.807) is 6.20 Å². The number of pyridine rings is 1. The summed E-state index contributed by atoms with van der Waals surface area (Å²) in [4.78, 5) is 19.9. The molecule has 0 saturated carbocycles. The lowest BCUT2D eigenvalue weighted by Crippen LogP contribution is -1.79. The summed E-state index contributed by atoms with van der Waals surface area (Å²) in [6.45, 7) is 0. The minimum absolute atomic E-state index is 0.715.